The lowest BCUT2D eigenvalue weighted by molar-refractivity contribution is -0.148. The minimum Gasteiger partial charge on any atom is -0.464 e. The van der Waals surface area contributed by atoms with Crippen molar-refractivity contribution in [3.05, 3.63) is 62.6 Å². The molecule has 2 aromatic rings. The summed E-state index contributed by atoms with van der Waals surface area (Å²) in [6.45, 7) is 5.47. The number of halogens is 2. The van der Waals surface area contributed by atoms with Crippen LogP contribution >= 0.6 is 31.9 Å². The molecule has 0 fully saturated rings. The number of benzene rings is 1. The molecule has 30 heavy (non-hydrogen) atoms. The summed E-state index contributed by atoms with van der Waals surface area (Å²) in [5, 5.41) is 5.21. The molecule has 0 radical (unpaired) electrons. The van der Waals surface area contributed by atoms with Gasteiger partial charge in [0, 0.05) is 4.47 Å². The first-order valence-corrected chi connectivity index (χ1v) is 10.8. The van der Waals surface area contributed by atoms with Gasteiger partial charge in [0.05, 0.1) is 6.61 Å². The number of amides is 2. The van der Waals surface area contributed by atoms with E-state index in [2.05, 4.69) is 42.5 Å². The Balaban J connectivity index is 2.31. The number of carbonyl (C=O) groups is 3. The summed E-state index contributed by atoms with van der Waals surface area (Å²) >= 11 is 6.49. The monoisotopic (exact) mass is 540 g/mol. The molecule has 0 spiro atoms. The van der Waals surface area contributed by atoms with Crippen LogP contribution in [0.4, 0.5) is 0 Å². The second kappa shape index (κ2) is 11.1. The van der Waals surface area contributed by atoms with Crippen molar-refractivity contribution in [2.75, 3.05) is 6.61 Å². The van der Waals surface area contributed by atoms with Gasteiger partial charge in [-0.3, -0.25) is 9.59 Å². The van der Waals surface area contributed by atoms with Crippen LogP contribution in [0, 0.1) is 5.92 Å². The molecule has 1 atom stereocenters. The van der Waals surface area contributed by atoms with Crippen LogP contribution in [-0.4, -0.2) is 30.4 Å². The highest BCUT2D eigenvalue weighted by molar-refractivity contribution is 9.10. The molecule has 0 aliphatic heterocycles. The Morgan fingerprint density at radius 3 is 2.30 bits per heavy atom. The maximum atomic E-state index is 13.0. The normalized spacial score (nSPS) is 12.4. The second-order valence-electron chi connectivity index (χ2n) is 6.61. The van der Waals surface area contributed by atoms with Gasteiger partial charge in [0.25, 0.3) is 11.8 Å². The maximum absolute atomic E-state index is 13.0. The highest BCUT2D eigenvalue weighted by atomic mass is 79.9. The molecular weight excluding hydrogens is 520 g/mol. The van der Waals surface area contributed by atoms with Gasteiger partial charge in [-0.15, -0.1) is 0 Å². The Kier molecular flexibility index (Phi) is 8.86. The summed E-state index contributed by atoms with van der Waals surface area (Å²) in [6.07, 6.45) is 1.51. The molecule has 1 aromatic heterocycles. The lowest BCUT2D eigenvalue weighted by Gasteiger charge is -2.21. The minimum absolute atomic E-state index is 0.0298. The molecule has 2 N–H and O–H groups in total. The topological polar surface area (TPSA) is 97.6 Å². The average Bonchev–Trinajstić information content (AvgIpc) is 3.13. The minimum atomic E-state index is -0.861. The lowest BCUT2D eigenvalue weighted by Crippen LogP contribution is -2.47. The number of rotatable bonds is 8. The van der Waals surface area contributed by atoms with E-state index in [1.165, 1.54) is 12.1 Å². The molecule has 2 rings (SSSR count). The summed E-state index contributed by atoms with van der Waals surface area (Å²) in [7, 11) is 0. The van der Waals surface area contributed by atoms with E-state index in [4.69, 9.17) is 9.15 Å². The van der Waals surface area contributed by atoms with E-state index in [9.17, 15) is 14.4 Å². The van der Waals surface area contributed by atoms with Gasteiger partial charge in [-0.1, -0.05) is 41.9 Å². The van der Waals surface area contributed by atoms with Gasteiger partial charge in [-0.25, -0.2) is 4.79 Å². The Morgan fingerprint density at radius 1 is 1.10 bits per heavy atom. The van der Waals surface area contributed by atoms with Gasteiger partial charge < -0.3 is 19.8 Å². The quantitative estimate of drug-likeness (QED) is 0.384. The molecule has 7 nitrogen and oxygen atoms in total. The third kappa shape index (κ3) is 6.84. The third-order valence-corrected chi connectivity index (χ3v) is 4.92. The zero-order valence-electron chi connectivity index (χ0n) is 16.7. The van der Waals surface area contributed by atoms with Crippen molar-refractivity contribution in [2.45, 2.75) is 26.8 Å². The summed E-state index contributed by atoms with van der Waals surface area (Å²) in [5.74, 6) is -1.94. The van der Waals surface area contributed by atoms with Crippen molar-refractivity contribution < 1.29 is 23.5 Å². The number of ether oxygens (including phenoxy) is 1. The summed E-state index contributed by atoms with van der Waals surface area (Å²) in [5.41, 5.74) is 0.645. The van der Waals surface area contributed by atoms with Crippen molar-refractivity contribution in [1.29, 1.82) is 0 Å². The first-order valence-electron chi connectivity index (χ1n) is 9.22. The van der Waals surface area contributed by atoms with Crippen LogP contribution in [0.5, 0.6) is 0 Å². The molecule has 0 aliphatic carbocycles. The highest BCUT2D eigenvalue weighted by Crippen LogP contribution is 2.16. The fourth-order valence-corrected chi connectivity index (χ4v) is 3.02. The molecule has 2 amide bonds. The van der Waals surface area contributed by atoms with Crippen LogP contribution in [0.25, 0.3) is 6.08 Å². The number of hydrogen-bond acceptors (Lipinski definition) is 5. The molecule has 9 heteroatoms. The molecule has 0 aliphatic rings. The number of hydrogen-bond donors (Lipinski definition) is 2. The maximum Gasteiger partial charge on any atom is 0.328 e. The van der Waals surface area contributed by atoms with Crippen molar-refractivity contribution in [3.63, 3.8) is 0 Å². The molecule has 0 saturated carbocycles. The van der Waals surface area contributed by atoms with E-state index in [-0.39, 0.29) is 24.0 Å². The predicted molar refractivity (Wildman–Crippen MR) is 119 cm³/mol. The number of nitrogens with one attached hydrogen (secondary N) is 2. The fraction of sp³-hybridized carbons (Fsp3) is 0.286. The number of carbonyl (C=O) groups excluding carboxylic acids is 3. The predicted octanol–water partition coefficient (Wildman–Crippen LogP) is 4.28. The summed E-state index contributed by atoms with van der Waals surface area (Å²) in [4.78, 5) is 37.7. The number of esters is 1. The van der Waals surface area contributed by atoms with Crippen LogP contribution in [0.15, 0.2) is 55.7 Å². The number of furan rings is 1. The van der Waals surface area contributed by atoms with Crippen LogP contribution in [0.1, 0.15) is 36.9 Å². The van der Waals surface area contributed by atoms with Crippen LogP contribution in [-0.2, 0) is 14.3 Å². The lowest BCUT2D eigenvalue weighted by atomic mass is 10.0. The molecule has 1 aromatic carbocycles. The Hall–Kier alpha value is -2.39. The highest BCUT2D eigenvalue weighted by Gasteiger charge is 2.27. The Labute approximate surface area is 191 Å². The summed E-state index contributed by atoms with van der Waals surface area (Å²) < 4.78 is 11.6. The van der Waals surface area contributed by atoms with Crippen molar-refractivity contribution in [2.24, 2.45) is 5.92 Å². The standard InChI is InChI=1S/C21H22Br2N2O5/c1-4-29-21(28)18(12(2)3)25-19(26)15(11-13-5-7-14(22)8-6-13)24-20(27)16-9-10-17(23)30-16/h5-12,18H,4H2,1-3H3,(H,24,27)(H,25,26)/b15-11+/t18-/m0/s1. The van der Waals surface area contributed by atoms with Gasteiger partial charge in [-0.05, 0) is 64.7 Å². The van der Waals surface area contributed by atoms with Gasteiger partial charge in [0.2, 0.25) is 0 Å². The molecule has 1 heterocycles. The molecule has 0 unspecified atom stereocenters. The molecular formula is C21H22Br2N2O5. The van der Waals surface area contributed by atoms with Crippen molar-refractivity contribution >= 4 is 55.7 Å². The Bertz CT molecular complexity index is 935. The average molecular weight is 542 g/mol. The van der Waals surface area contributed by atoms with E-state index in [1.807, 2.05) is 12.1 Å². The molecule has 0 bridgehead atoms. The van der Waals surface area contributed by atoms with E-state index >= 15 is 0 Å². The van der Waals surface area contributed by atoms with Crippen molar-refractivity contribution in [3.8, 4) is 0 Å². The van der Waals surface area contributed by atoms with Gasteiger partial charge in [0.15, 0.2) is 10.4 Å². The molecule has 0 saturated heterocycles. The van der Waals surface area contributed by atoms with Gasteiger partial charge in [0.1, 0.15) is 11.7 Å². The smallest absolute Gasteiger partial charge is 0.328 e. The van der Waals surface area contributed by atoms with Gasteiger partial charge in [-0.2, -0.15) is 0 Å². The zero-order chi connectivity index (χ0) is 22.3. The van der Waals surface area contributed by atoms with Gasteiger partial charge >= 0.3 is 5.97 Å². The molecule has 160 valence electrons. The van der Waals surface area contributed by atoms with E-state index in [1.54, 1.807) is 39.0 Å². The van der Waals surface area contributed by atoms with E-state index in [0.717, 1.165) is 4.47 Å². The SMILES string of the molecule is CCOC(=O)[C@@H](NC(=O)/C(=C\c1ccc(Br)cc1)NC(=O)c1ccc(Br)o1)C(C)C. The first kappa shape index (κ1) is 23.9. The van der Waals surface area contributed by atoms with Crippen LogP contribution in [0.3, 0.4) is 0 Å². The first-order chi connectivity index (χ1) is 14.2. The van der Waals surface area contributed by atoms with E-state index in [0.29, 0.717) is 10.2 Å². The fourth-order valence-electron chi connectivity index (χ4n) is 2.45. The van der Waals surface area contributed by atoms with Crippen LogP contribution < -0.4 is 10.6 Å². The zero-order valence-corrected chi connectivity index (χ0v) is 19.9. The largest absolute Gasteiger partial charge is 0.464 e. The second-order valence-corrected chi connectivity index (χ2v) is 8.31. The van der Waals surface area contributed by atoms with E-state index < -0.39 is 23.8 Å². The van der Waals surface area contributed by atoms with Crippen LogP contribution in [0.2, 0.25) is 0 Å². The third-order valence-electron chi connectivity index (χ3n) is 3.96. The van der Waals surface area contributed by atoms with Crippen molar-refractivity contribution in [1.82, 2.24) is 10.6 Å². The summed E-state index contributed by atoms with van der Waals surface area (Å²) in [6, 6.07) is 9.36. The Morgan fingerprint density at radius 2 is 1.77 bits per heavy atom.